The second-order valence-corrected chi connectivity index (χ2v) is 5.70. The Morgan fingerprint density at radius 1 is 1.17 bits per heavy atom. The monoisotopic (exact) mass is 323 g/mol. The van der Waals surface area contributed by atoms with Crippen molar-refractivity contribution in [2.75, 3.05) is 19.7 Å². The Kier molecular flexibility index (Phi) is 5.11. The van der Waals surface area contributed by atoms with E-state index in [1.807, 2.05) is 43.3 Å². The molecule has 0 atom stereocenters. The molecule has 0 spiro atoms. The van der Waals surface area contributed by atoms with Crippen LogP contribution in [0.4, 0.5) is 0 Å². The second kappa shape index (κ2) is 7.64. The molecule has 124 valence electrons. The number of hydrogen-bond acceptors (Lipinski definition) is 4. The number of aryl methyl sites for hydroxylation is 1. The topological polar surface area (TPSA) is 62.7 Å². The number of ether oxygens (including phenoxy) is 1. The Labute approximate surface area is 141 Å². The molecule has 1 amide bonds. The van der Waals surface area contributed by atoms with Crippen molar-refractivity contribution in [2.45, 2.75) is 13.5 Å². The van der Waals surface area contributed by atoms with E-state index >= 15 is 0 Å². The zero-order chi connectivity index (χ0) is 16.8. The summed E-state index contributed by atoms with van der Waals surface area (Å²) in [5, 5.41) is 6.10. The predicted molar refractivity (Wildman–Crippen MR) is 94.4 cm³/mol. The molecule has 2 aromatic rings. The van der Waals surface area contributed by atoms with Crippen molar-refractivity contribution in [2.24, 2.45) is 4.99 Å². The maximum atomic E-state index is 11.8. The molecule has 0 unspecified atom stereocenters. The fraction of sp³-hybridized carbons (Fsp3) is 0.263. The van der Waals surface area contributed by atoms with Crippen LogP contribution in [0.5, 0.6) is 5.75 Å². The Bertz CT molecular complexity index is 756. The van der Waals surface area contributed by atoms with Gasteiger partial charge in [0.05, 0.1) is 6.54 Å². The lowest BCUT2D eigenvalue weighted by Crippen LogP contribution is -2.36. The molecule has 2 aromatic carbocycles. The maximum absolute atomic E-state index is 11.8. The standard InChI is InChI=1S/C19H21N3O2/c1-14-5-4-7-16(11-14)24-13-18(23)20-9-10-21-19-17-8-3-2-6-15(17)12-22-19/h2-8,11H,9-10,12-13H2,1H3,(H,20,23)(H,21,22). The first-order chi connectivity index (χ1) is 11.7. The fourth-order valence-electron chi connectivity index (χ4n) is 2.58. The summed E-state index contributed by atoms with van der Waals surface area (Å²) in [4.78, 5) is 16.3. The van der Waals surface area contributed by atoms with Crippen LogP contribution in [0, 0.1) is 6.92 Å². The highest BCUT2D eigenvalue weighted by molar-refractivity contribution is 6.01. The van der Waals surface area contributed by atoms with Gasteiger partial charge >= 0.3 is 0 Å². The minimum atomic E-state index is -0.132. The van der Waals surface area contributed by atoms with Gasteiger partial charge in [0.2, 0.25) is 0 Å². The first-order valence-electron chi connectivity index (χ1n) is 8.05. The minimum absolute atomic E-state index is 0.0211. The van der Waals surface area contributed by atoms with E-state index in [9.17, 15) is 4.79 Å². The summed E-state index contributed by atoms with van der Waals surface area (Å²) < 4.78 is 5.47. The summed E-state index contributed by atoms with van der Waals surface area (Å²) in [5.74, 6) is 1.48. The highest BCUT2D eigenvalue weighted by Gasteiger charge is 2.13. The lowest BCUT2D eigenvalue weighted by Gasteiger charge is -2.10. The molecule has 0 aliphatic carbocycles. The van der Waals surface area contributed by atoms with Gasteiger partial charge in [0, 0.05) is 18.7 Å². The number of benzene rings is 2. The molecular formula is C19H21N3O2. The number of carbonyl (C=O) groups is 1. The first kappa shape index (κ1) is 16.1. The van der Waals surface area contributed by atoms with Crippen LogP contribution >= 0.6 is 0 Å². The number of rotatable bonds is 6. The van der Waals surface area contributed by atoms with Gasteiger partial charge in [-0.3, -0.25) is 9.79 Å². The van der Waals surface area contributed by atoms with Gasteiger partial charge in [-0.05, 0) is 30.2 Å². The molecule has 2 N–H and O–H groups in total. The number of amides is 1. The lowest BCUT2D eigenvalue weighted by molar-refractivity contribution is -0.123. The van der Waals surface area contributed by atoms with Crippen LogP contribution in [0.2, 0.25) is 0 Å². The number of nitrogens with one attached hydrogen (secondary N) is 2. The molecule has 0 bridgehead atoms. The van der Waals surface area contributed by atoms with E-state index in [0.717, 1.165) is 23.5 Å². The molecular weight excluding hydrogens is 302 g/mol. The third-order valence-corrected chi connectivity index (χ3v) is 3.78. The van der Waals surface area contributed by atoms with Crippen LogP contribution in [0.25, 0.3) is 0 Å². The van der Waals surface area contributed by atoms with Gasteiger partial charge in [-0.1, -0.05) is 36.4 Å². The van der Waals surface area contributed by atoms with Crippen molar-refractivity contribution in [1.29, 1.82) is 0 Å². The zero-order valence-electron chi connectivity index (χ0n) is 13.7. The molecule has 3 rings (SSSR count). The van der Waals surface area contributed by atoms with Crippen LogP contribution in [0.15, 0.2) is 53.5 Å². The fourth-order valence-corrected chi connectivity index (χ4v) is 2.58. The van der Waals surface area contributed by atoms with E-state index in [4.69, 9.17) is 4.74 Å². The zero-order valence-corrected chi connectivity index (χ0v) is 13.7. The van der Waals surface area contributed by atoms with E-state index in [1.54, 1.807) is 0 Å². The summed E-state index contributed by atoms with van der Waals surface area (Å²) >= 11 is 0. The molecule has 1 heterocycles. The summed E-state index contributed by atoms with van der Waals surface area (Å²) in [6.45, 7) is 3.88. The Morgan fingerprint density at radius 2 is 2.04 bits per heavy atom. The molecule has 0 saturated heterocycles. The molecule has 0 saturated carbocycles. The third kappa shape index (κ3) is 4.13. The van der Waals surface area contributed by atoms with Crippen LogP contribution in [-0.4, -0.2) is 31.4 Å². The average molecular weight is 323 g/mol. The van der Waals surface area contributed by atoms with Crippen molar-refractivity contribution in [3.63, 3.8) is 0 Å². The number of carbonyl (C=O) groups excluding carboxylic acids is 1. The minimum Gasteiger partial charge on any atom is -0.484 e. The molecule has 24 heavy (non-hydrogen) atoms. The van der Waals surface area contributed by atoms with Crippen molar-refractivity contribution < 1.29 is 9.53 Å². The van der Waals surface area contributed by atoms with Gasteiger partial charge in [-0.2, -0.15) is 0 Å². The number of amidine groups is 1. The highest BCUT2D eigenvalue weighted by atomic mass is 16.5. The Morgan fingerprint density at radius 3 is 2.92 bits per heavy atom. The van der Waals surface area contributed by atoms with Gasteiger partial charge in [-0.25, -0.2) is 0 Å². The lowest BCUT2D eigenvalue weighted by atomic mass is 10.1. The highest BCUT2D eigenvalue weighted by Crippen LogP contribution is 2.16. The summed E-state index contributed by atoms with van der Waals surface area (Å²) in [6.07, 6.45) is 0. The van der Waals surface area contributed by atoms with Crippen LogP contribution < -0.4 is 15.4 Å². The quantitative estimate of drug-likeness (QED) is 0.800. The average Bonchev–Trinajstić information content (AvgIpc) is 3.00. The first-order valence-corrected chi connectivity index (χ1v) is 8.05. The van der Waals surface area contributed by atoms with Gasteiger partial charge in [-0.15, -0.1) is 0 Å². The molecule has 0 radical (unpaired) electrons. The summed E-state index contributed by atoms with van der Waals surface area (Å²) in [7, 11) is 0. The Balaban J connectivity index is 1.36. The van der Waals surface area contributed by atoms with Crippen LogP contribution in [0.3, 0.4) is 0 Å². The van der Waals surface area contributed by atoms with E-state index in [1.165, 1.54) is 5.56 Å². The van der Waals surface area contributed by atoms with Crippen molar-refractivity contribution in [3.05, 3.63) is 65.2 Å². The molecule has 1 aliphatic rings. The predicted octanol–water partition coefficient (Wildman–Crippen LogP) is 2.04. The van der Waals surface area contributed by atoms with Crippen LogP contribution in [0.1, 0.15) is 16.7 Å². The number of nitrogens with zero attached hydrogens (tertiary/aromatic N) is 1. The van der Waals surface area contributed by atoms with Gasteiger partial charge in [0.15, 0.2) is 6.61 Å². The molecule has 5 heteroatoms. The van der Waals surface area contributed by atoms with Gasteiger partial charge < -0.3 is 15.4 Å². The molecule has 1 aliphatic heterocycles. The van der Waals surface area contributed by atoms with E-state index < -0.39 is 0 Å². The van der Waals surface area contributed by atoms with Gasteiger partial charge in [0.25, 0.3) is 5.91 Å². The van der Waals surface area contributed by atoms with E-state index in [2.05, 4.69) is 27.8 Å². The third-order valence-electron chi connectivity index (χ3n) is 3.78. The number of aliphatic imine (C=N–C) groups is 1. The van der Waals surface area contributed by atoms with Crippen LogP contribution in [-0.2, 0) is 11.3 Å². The second-order valence-electron chi connectivity index (χ2n) is 5.70. The Hall–Kier alpha value is -2.82. The smallest absolute Gasteiger partial charge is 0.258 e. The summed E-state index contributed by atoms with van der Waals surface area (Å²) in [5.41, 5.74) is 3.48. The number of hydrogen-bond donors (Lipinski definition) is 2. The molecule has 0 aromatic heterocycles. The SMILES string of the molecule is Cc1cccc(OCC(=O)NCCNC2=NCc3ccccc32)c1. The summed E-state index contributed by atoms with van der Waals surface area (Å²) in [6, 6.07) is 15.8. The number of fused-ring (bicyclic) bond motifs is 1. The van der Waals surface area contributed by atoms with Gasteiger partial charge in [0.1, 0.15) is 11.6 Å². The van der Waals surface area contributed by atoms with E-state index in [0.29, 0.717) is 18.8 Å². The molecule has 0 fully saturated rings. The van der Waals surface area contributed by atoms with Crippen molar-refractivity contribution >= 4 is 11.7 Å². The molecule has 5 nitrogen and oxygen atoms in total. The largest absolute Gasteiger partial charge is 0.484 e. The van der Waals surface area contributed by atoms with Crippen molar-refractivity contribution in [1.82, 2.24) is 10.6 Å². The normalized spacial score (nSPS) is 12.3. The van der Waals surface area contributed by atoms with E-state index in [-0.39, 0.29) is 12.5 Å². The van der Waals surface area contributed by atoms with Crippen molar-refractivity contribution in [3.8, 4) is 5.75 Å². The maximum Gasteiger partial charge on any atom is 0.258 e.